The van der Waals surface area contributed by atoms with Gasteiger partial charge in [-0.1, -0.05) is 26.0 Å². The Morgan fingerprint density at radius 1 is 1.22 bits per heavy atom. The number of aromatic nitrogens is 2. The van der Waals surface area contributed by atoms with E-state index >= 15 is 0 Å². The molecule has 1 aromatic carbocycles. The quantitative estimate of drug-likeness (QED) is 0.899. The number of hydrogen-bond acceptors (Lipinski definition) is 3. The van der Waals surface area contributed by atoms with Crippen LogP contribution in [0.4, 0.5) is 4.39 Å². The lowest BCUT2D eigenvalue weighted by Crippen LogP contribution is -2.51. The van der Waals surface area contributed by atoms with Crippen LogP contribution in [0.5, 0.6) is 0 Å². The molecule has 5 nitrogen and oxygen atoms in total. The Balaban J connectivity index is 1.49. The Morgan fingerprint density at radius 2 is 1.85 bits per heavy atom. The number of aliphatic hydroxyl groups is 1. The third kappa shape index (κ3) is 3.06. The minimum Gasteiger partial charge on any atom is -0.388 e. The molecule has 1 amide bonds. The van der Waals surface area contributed by atoms with Crippen LogP contribution in [-0.4, -0.2) is 44.2 Å². The molecule has 1 aromatic heterocycles. The average Bonchev–Trinajstić information content (AvgIpc) is 2.94. The second-order valence-corrected chi connectivity index (χ2v) is 8.72. The average molecular weight is 371 g/mol. The summed E-state index contributed by atoms with van der Waals surface area (Å²) in [6, 6.07) is 6.33. The summed E-state index contributed by atoms with van der Waals surface area (Å²) < 4.78 is 15.2. The number of carbonyl (C=O) groups excluding carboxylic acids is 1. The van der Waals surface area contributed by atoms with Crippen molar-refractivity contribution in [3.05, 3.63) is 54.4 Å². The largest absolute Gasteiger partial charge is 0.388 e. The van der Waals surface area contributed by atoms with Gasteiger partial charge in [0.05, 0.1) is 23.9 Å². The van der Waals surface area contributed by atoms with E-state index in [1.54, 1.807) is 24.7 Å². The van der Waals surface area contributed by atoms with Crippen molar-refractivity contribution in [2.45, 2.75) is 50.7 Å². The first-order valence-electron chi connectivity index (χ1n) is 9.49. The monoisotopic (exact) mass is 371 g/mol. The summed E-state index contributed by atoms with van der Waals surface area (Å²) in [5, 5.41) is 10.9. The van der Waals surface area contributed by atoms with Crippen LogP contribution in [0, 0.1) is 11.2 Å². The standard InChI is InChI=1S/C21H26FN3O2/c1-19(2)13-21(19,16-3-5-17(22)6-4-16)18(26)25-10-7-20(27,8-11-25)14-24-12-9-23-15-24/h3-6,9,12,15,27H,7-8,10-11,13-14H2,1-2H3/t21-/m0/s1. The molecule has 6 heteroatoms. The Morgan fingerprint density at radius 3 is 2.37 bits per heavy atom. The van der Waals surface area contributed by atoms with Crippen molar-refractivity contribution in [3.63, 3.8) is 0 Å². The number of benzene rings is 1. The molecule has 1 saturated heterocycles. The summed E-state index contributed by atoms with van der Waals surface area (Å²) in [6.07, 6.45) is 7.08. The van der Waals surface area contributed by atoms with Crippen LogP contribution >= 0.6 is 0 Å². The van der Waals surface area contributed by atoms with Crippen LogP contribution in [0.25, 0.3) is 0 Å². The Bertz CT molecular complexity index is 824. The third-order valence-corrected chi connectivity index (χ3v) is 6.46. The first-order valence-corrected chi connectivity index (χ1v) is 9.49. The molecule has 1 aliphatic heterocycles. The molecule has 2 aromatic rings. The van der Waals surface area contributed by atoms with Crippen molar-refractivity contribution >= 4 is 5.91 Å². The molecule has 0 radical (unpaired) electrons. The summed E-state index contributed by atoms with van der Waals surface area (Å²) in [5.74, 6) is -0.189. The first-order chi connectivity index (χ1) is 12.8. The van der Waals surface area contributed by atoms with Gasteiger partial charge in [-0.3, -0.25) is 4.79 Å². The first kappa shape index (κ1) is 18.2. The number of likely N-dealkylation sites (tertiary alicyclic amines) is 1. The number of imidazole rings is 1. The van der Waals surface area contributed by atoms with Gasteiger partial charge in [0.25, 0.3) is 0 Å². The normalized spacial score (nSPS) is 26.0. The van der Waals surface area contributed by atoms with Gasteiger partial charge in [0.15, 0.2) is 0 Å². The highest BCUT2D eigenvalue weighted by Crippen LogP contribution is 2.65. The lowest BCUT2D eigenvalue weighted by molar-refractivity contribution is -0.139. The molecule has 0 spiro atoms. The molecule has 0 bridgehead atoms. The molecule has 144 valence electrons. The summed E-state index contributed by atoms with van der Waals surface area (Å²) in [7, 11) is 0. The van der Waals surface area contributed by atoms with Gasteiger partial charge in [-0.2, -0.15) is 0 Å². The van der Waals surface area contributed by atoms with Gasteiger partial charge in [-0.05, 0) is 42.4 Å². The maximum Gasteiger partial charge on any atom is 0.233 e. The minimum absolute atomic E-state index is 0.101. The predicted octanol–water partition coefficient (Wildman–Crippen LogP) is 2.74. The fraction of sp³-hybridized carbons (Fsp3) is 0.524. The van der Waals surface area contributed by atoms with Crippen molar-refractivity contribution in [3.8, 4) is 0 Å². The van der Waals surface area contributed by atoms with Crippen molar-refractivity contribution in [1.82, 2.24) is 14.5 Å². The van der Waals surface area contributed by atoms with E-state index in [9.17, 15) is 14.3 Å². The highest BCUT2D eigenvalue weighted by molar-refractivity contribution is 5.93. The summed E-state index contributed by atoms with van der Waals surface area (Å²) in [4.78, 5) is 19.3. The second kappa shape index (κ2) is 6.16. The third-order valence-electron chi connectivity index (χ3n) is 6.46. The molecule has 2 fully saturated rings. The van der Waals surface area contributed by atoms with Crippen LogP contribution in [0.2, 0.25) is 0 Å². The van der Waals surface area contributed by atoms with E-state index in [0.29, 0.717) is 32.5 Å². The van der Waals surface area contributed by atoms with Gasteiger partial charge >= 0.3 is 0 Å². The molecular weight excluding hydrogens is 345 g/mol. The van der Waals surface area contributed by atoms with Gasteiger partial charge in [-0.15, -0.1) is 0 Å². The molecule has 1 saturated carbocycles. The predicted molar refractivity (Wildman–Crippen MR) is 99.5 cm³/mol. The number of halogens is 1. The molecule has 4 rings (SSSR count). The highest BCUT2D eigenvalue weighted by Gasteiger charge is 2.68. The zero-order valence-corrected chi connectivity index (χ0v) is 15.9. The second-order valence-electron chi connectivity index (χ2n) is 8.72. The summed E-state index contributed by atoms with van der Waals surface area (Å²) in [6.45, 7) is 5.73. The number of hydrogen-bond donors (Lipinski definition) is 1. The van der Waals surface area contributed by atoms with Gasteiger partial charge in [0, 0.05) is 25.5 Å². The van der Waals surface area contributed by atoms with E-state index in [1.165, 1.54) is 12.1 Å². The molecule has 2 heterocycles. The fourth-order valence-corrected chi connectivity index (χ4v) is 4.61. The summed E-state index contributed by atoms with van der Waals surface area (Å²) >= 11 is 0. The highest BCUT2D eigenvalue weighted by atomic mass is 19.1. The molecule has 0 unspecified atom stereocenters. The minimum atomic E-state index is -0.820. The lowest BCUT2D eigenvalue weighted by Gasteiger charge is -2.40. The lowest BCUT2D eigenvalue weighted by atomic mass is 9.84. The number of rotatable bonds is 4. The van der Waals surface area contributed by atoms with Crippen LogP contribution in [0.15, 0.2) is 43.0 Å². The molecule has 2 aliphatic rings. The molecule has 1 N–H and O–H groups in total. The van der Waals surface area contributed by atoms with E-state index in [0.717, 1.165) is 12.0 Å². The van der Waals surface area contributed by atoms with E-state index in [1.807, 2.05) is 15.7 Å². The van der Waals surface area contributed by atoms with Crippen LogP contribution in [0.3, 0.4) is 0 Å². The van der Waals surface area contributed by atoms with E-state index < -0.39 is 11.0 Å². The number of piperidine rings is 1. The Kier molecular flexibility index (Phi) is 4.14. The van der Waals surface area contributed by atoms with Crippen LogP contribution in [-0.2, 0) is 16.8 Å². The molecule has 27 heavy (non-hydrogen) atoms. The zero-order chi connectivity index (χ0) is 19.3. The van der Waals surface area contributed by atoms with Crippen LogP contribution < -0.4 is 0 Å². The maximum absolute atomic E-state index is 13.4. The number of amides is 1. The van der Waals surface area contributed by atoms with E-state index in [-0.39, 0.29) is 17.1 Å². The van der Waals surface area contributed by atoms with E-state index in [2.05, 4.69) is 18.8 Å². The van der Waals surface area contributed by atoms with Crippen molar-refractivity contribution in [1.29, 1.82) is 0 Å². The molecule has 1 aliphatic carbocycles. The van der Waals surface area contributed by atoms with Crippen molar-refractivity contribution in [2.75, 3.05) is 13.1 Å². The van der Waals surface area contributed by atoms with Gasteiger partial charge < -0.3 is 14.6 Å². The topological polar surface area (TPSA) is 58.4 Å². The maximum atomic E-state index is 13.4. The smallest absolute Gasteiger partial charge is 0.233 e. The number of carbonyl (C=O) groups is 1. The SMILES string of the molecule is CC1(C)C[C@@]1(C(=O)N1CCC(O)(Cn2ccnc2)CC1)c1ccc(F)cc1. The fourth-order valence-electron chi connectivity index (χ4n) is 4.61. The zero-order valence-electron chi connectivity index (χ0n) is 15.9. The Hall–Kier alpha value is -2.21. The Labute approximate surface area is 158 Å². The van der Waals surface area contributed by atoms with Crippen molar-refractivity contribution in [2.24, 2.45) is 5.41 Å². The van der Waals surface area contributed by atoms with Gasteiger partial charge in [0.2, 0.25) is 5.91 Å². The van der Waals surface area contributed by atoms with Gasteiger partial charge in [-0.25, -0.2) is 9.37 Å². The molecular formula is C21H26FN3O2. The molecule has 1 atom stereocenters. The number of nitrogens with zero attached hydrogens (tertiary/aromatic N) is 3. The van der Waals surface area contributed by atoms with Gasteiger partial charge in [0.1, 0.15) is 5.82 Å². The van der Waals surface area contributed by atoms with E-state index in [4.69, 9.17) is 0 Å². The van der Waals surface area contributed by atoms with Crippen LogP contribution in [0.1, 0.15) is 38.7 Å². The summed E-state index contributed by atoms with van der Waals surface area (Å²) in [5.41, 5.74) is -0.662. The van der Waals surface area contributed by atoms with Crippen molar-refractivity contribution < 1.29 is 14.3 Å².